The van der Waals surface area contributed by atoms with Crippen LogP contribution in [0.5, 0.6) is 0 Å². The summed E-state index contributed by atoms with van der Waals surface area (Å²) in [6.45, 7) is 0.220. The van der Waals surface area contributed by atoms with E-state index in [0.717, 1.165) is 10.1 Å². The Hall–Kier alpha value is -2.87. The van der Waals surface area contributed by atoms with E-state index in [1.54, 1.807) is 7.05 Å². The number of rotatable bonds is 4. The van der Waals surface area contributed by atoms with Gasteiger partial charge in [0.15, 0.2) is 11.2 Å². The highest BCUT2D eigenvalue weighted by Crippen LogP contribution is 2.14. The zero-order valence-electron chi connectivity index (χ0n) is 12.8. The van der Waals surface area contributed by atoms with Crippen LogP contribution in [0.3, 0.4) is 0 Å². The average molecular weight is 315 g/mol. The van der Waals surface area contributed by atoms with E-state index in [9.17, 15) is 14.7 Å². The number of fused-ring (bicyclic) bond motifs is 1. The predicted molar refractivity (Wildman–Crippen MR) is 86.5 cm³/mol. The van der Waals surface area contributed by atoms with Gasteiger partial charge in [0.2, 0.25) is 5.95 Å². The minimum Gasteiger partial charge on any atom is -0.387 e. The number of imidazole rings is 1. The maximum absolute atomic E-state index is 12.1. The second-order valence-corrected chi connectivity index (χ2v) is 5.30. The fourth-order valence-electron chi connectivity index (χ4n) is 2.40. The number of aromatic nitrogens is 4. The van der Waals surface area contributed by atoms with Gasteiger partial charge >= 0.3 is 5.69 Å². The molecule has 0 radical (unpaired) electrons. The molecule has 2 heterocycles. The lowest BCUT2D eigenvalue weighted by molar-refractivity contribution is 0.191. The third-order valence-electron chi connectivity index (χ3n) is 3.74. The number of anilines is 1. The van der Waals surface area contributed by atoms with Gasteiger partial charge in [-0.1, -0.05) is 30.3 Å². The summed E-state index contributed by atoms with van der Waals surface area (Å²) in [6, 6.07) is 9.21. The molecule has 8 nitrogen and oxygen atoms in total. The monoisotopic (exact) mass is 315 g/mol. The third kappa shape index (κ3) is 2.64. The minimum atomic E-state index is -0.712. The number of nitrogens with zero attached hydrogens (tertiary/aromatic N) is 3. The topological polar surface area (TPSA) is 105 Å². The molecule has 3 N–H and O–H groups in total. The maximum Gasteiger partial charge on any atom is 0.332 e. The van der Waals surface area contributed by atoms with Gasteiger partial charge in [-0.3, -0.25) is 13.9 Å². The van der Waals surface area contributed by atoms with Crippen molar-refractivity contribution in [3.8, 4) is 0 Å². The summed E-state index contributed by atoms with van der Waals surface area (Å²) in [5.74, 6) is 0.327. The standard InChI is InChI=1S/C15H17N5O3/c1-19-12-11(13(22)20(2)15(19)23)17-14(18-12)16-8-10(21)9-6-4-3-5-7-9/h3-7,10,21H,8H2,1-2H3,(H2,16,17,18). The van der Waals surface area contributed by atoms with Gasteiger partial charge in [-0.2, -0.15) is 4.98 Å². The predicted octanol–water partition coefficient (Wildman–Crippen LogP) is 0.106. The molecule has 0 saturated carbocycles. The van der Waals surface area contributed by atoms with Gasteiger partial charge in [0.1, 0.15) is 0 Å². The largest absolute Gasteiger partial charge is 0.387 e. The van der Waals surface area contributed by atoms with Crippen LogP contribution >= 0.6 is 0 Å². The number of hydrogen-bond acceptors (Lipinski definition) is 5. The van der Waals surface area contributed by atoms with Crippen molar-refractivity contribution in [1.29, 1.82) is 0 Å². The molecule has 2 aromatic heterocycles. The quantitative estimate of drug-likeness (QED) is 0.633. The number of aliphatic hydroxyl groups excluding tert-OH is 1. The van der Waals surface area contributed by atoms with Crippen LogP contribution in [0.25, 0.3) is 11.2 Å². The van der Waals surface area contributed by atoms with E-state index in [-0.39, 0.29) is 17.7 Å². The van der Waals surface area contributed by atoms with Crippen molar-refractivity contribution in [2.24, 2.45) is 14.1 Å². The molecule has 3 rings (SSSR count). The molecule has 8 heteroatoms. The van der Waals surface area contributed by atoms with Gasteiger partial charge in [0, 0.05) is 20.6 Å². The lowest BCUT2D eigenvalue weighted by atomic mass is 10.1. The second kappa shape index (κ2) is 5.73. The zero-order valence-corrected chi connectivity index (χ0v) is 12.8. The highest BCUT2D eigenvalue weighted by molar-refractivity contribution is 5.72. The van der Waals surface area contributed by atoms with Gasteiger partial charge in [0.25, 0.3) is 5.56 Å². The first kappa shape index (κ1) is 15.0. The maximum atomic E-state index is 12.1. The number of aromatic amines is 1. The first-order chi connectivity index (χ1) is 11.0. The minimum absolute atomic E-state index is 0.220. The van der Waals surface area contributed by atoms with Crippen molar-refractivity contribution in [2.75, 3.05) is 11.9 Å². The van der Waals surface area contributed by atoms with Gasteiger partial charge in [0.05, 0.1) is 6.10 Å². The molecule has 23 heavy (non-hydrogen) atoms. The van der Waals surface area contributed by atoms with E-state index in [2.05, 4.69) is 15.3 Å². The molecule has 0 aliphatic rings. The van der Waals surface area contributed by atoms with Crippen molar-refractivity contribution in [2.45, 2.75) is 6.10 Å². The highest BCUT2D eigenvalue weighted by Gasteiger charge is 2.14. The molecule has 0 aliphatic heterocycles. The van der Waals surface area contributed by atoms with Crippen LogP contribution in [-0.4, -0.2) is 30.8 Å². The Kier molecular flexibility index (Phi) is 3.75. The molecular weight excluding hydrogens is 298 g/mol. The van der Waals surface area contributed by atoms with Crippen molar-refractivity contribution in [3.05, 3.63) is 56.7 Å². The molecule has 1 atom stereocenters. The van der Waals surface area contributed by atoms with E-state index >= 15 is 0 Å². The summed E-state index contributed by atoms with van der Waals surface area (Å²) in [7, 11) is 2.96. The fourth-order valence-corrected chi connectivity index (χ4v) is 2.40. The summed E-state index contributed by atoms with van der Waals surface area (Å²) in [5.41, 5.74) is 0.414. The number of benzene rings is 1. The molecule has 0 saturated heterocycles. The third-order valence-corrected chi connectivity index (χ3v) is 3.74. The molecule has 0 bridgehead atoms. The average Bonchev–Trinajstić information content (AvgIpc) is 3.01. The zero-order chi connectivity index (χ0) is 16.6. The number of hydrogen-bond donors (Lipinski definition) is 3. The van der Waals surface area contributed by atoms with E-state index in [4.69, 9.17) is 0 Å². The molecule has 3 aromatic rings. The van der Waals surface area contributed by atoms with Crippen molar-refractivity contribution < 1.29 is 5.11 Å². The van der Waals surface area contributed by atoms with E-state index < -0.39 is 17.4 Å². The SMILES string of the molecule is Cn1c(=O)c2[nH]c(NCC(O)c3ccccc3)nc2n(C)c1=O. The molecule has 120 valence electrons. The second-order valence-electron chi connectivity index (χ2n) is 5.30. The number of H-pyrrole nitrogens is 1. The molecular formula is C15H17N5O3. The summed E-state index contributed by atoms with van der Waals surface area (Å²) < 4.78 is 2.31. The molecule has 1 aromatic carbocycles. The summed E-state index contributed by atoms with van der Waals surface area (Å²) in [5, 5.41) is 13.1. The fraction of sp³-hybridized carbons (Fsp3) is 0.267. The summed E-state index contributed by atoms with van der Waals surface area (Å²) in [4.78, 5) is 31.0. The Morgan fingerprint density at radius 2 is 1.91 bits per heavy atom. The summed E-state index contributed by atoms with van der Waals surface area (Å²) >= 11 is 0. The Morgan fingerprint density at radius 3 is 2.61 bits per heavy atom. The highest BCUT2D eigenvalue weighted by atomic mass is 16.3. The van der Waals surface area contributed by atoms with Crippen LogP contribution in [0.15, 0.2) is 39.9 Å². The van der Waals surface area contributed by atoms with Crippen LogP contribution in [0.1, 0.15) is 11.7 Å². The lowest BCUT2D eigenvalue weighted by Crippen LogP contribution is -2.36. The van der Waals surface area contributed by atoms with Crippen molar-refractivity contribution in [1.82, 2.24) is 19.1 Å². The number of aliphatic hydroxyl groups is 1. The molecule has 0 fully saturated rings. The van der Waals surface area contributed by atoms with E-state index in [0.29, 0.717) is 5.95 Å². The first-order valence-electron chi connectivity index (χ1n) is 7.11. The van der Waals surface area contributed by atoms with Gasteiger partial charge < -0.3 is 15.4 Å². The smallest absolute Gasteiger partial charge is 0.332 e. The van der Waals surface area contributed by atoms with Crippen LogP contribution in [0, 0.1) is 0 Å². The Morgan fingerprint density at radius 1 is 1.22 bits per heavy atom. The molecule has 0 aliphatic carbocycles. The Balaban J connectivity index is 1.88. The Labute approximate surface area is 131 Å². The van der Waals surface area contributed by atoms with Crippen molar-refractivity contribution in [3.63, 3.8) is 0 Å². The van der Waals surface area contributed by atoms with E-state index in [1.165, 1.54) is 11.6 Å². The number of aryl methyl sites for hydroxylation is 1. The summed E-state index contributed by atoms with van der Waals surface area (Å²) in [6.07, 6.45) is -0.712. The van der Waals surface area contributed by atoms with Crippen LogP contribution < -0.4 is 16.6 Å². The van der Waals surface area contributed by atoms with Gasteiger partial charge in [-0.25, -0.2) is 4.79 Å². The molecule has 1 unspecified atom stereocenters. The normalized spacial score (nSPS) is 12.5. The van der Waals surface area contributed by atoms with Gasteiger partial charge in [-0.15, -0.1) is 0 Å². The van der Waals surface area contributed by atoms with Crippen LogP contribution in [-0.2, 0) is 14.1 Å². The van der Waals surface area contributed by atoms with Crippen molar-refractivity contribution >= 4 is 17.1 Å². The van der Waals surface area contributed by atoms with Crippen LogP contribution in [0.2, 0.25) is 0 Å². The molecule has 0 amide bonds. The van der Waals surface area contributed by atoms with Crippen LogP contribution in [0.4, 0.5) is 5.95 Å². The Bertz CT molecular complexity index is 955. The van der Waals surface area contributed by atoms with Gasteiger partial charge in [-0.05, 0) is 5.56 Å². The number of nitrogens with one attached hydrogen (secondary N) is 2. The molecule has 0 spiro atoms. The first-order valence-corrected chi connectivity index (χ1v) is 7.11. The lowest BCUT2D eigenvalue weighted by Gasteiger charge is -2.11. The van der Waals surface area contributed by atoms with E-state index in [1.807, 2.05) is 30.3 Å².